The highest BCUT2D eigenvalue weighted by atomic mass is 15.0. The van der Waals surface area contributed by atoms with Gasteiger partial charge in [-0.2, -0.15) is 0 Å². The molecule has 4 heterocycles. The van der Waals surface area contributed by atoms with E-state index in [4.69, 9.17) is 19.9 Å². The van der Waals surface area contributed by atoms with Crippen LogP contribution in [0.15, 0.2) is 218 Å². The average molecular weight is 817 g/mol. The van der Waals surface area contributed by atoms with E-state index in [1.54, 1.807) is 0 Å². The number of hydrogen-bond donors (Lipinski definition) is 0. The van der Waals surface area contributed by atoms with Crippen LogP contribution < -0.4 is 0 Å². The zero-order chi connectivity index (χ0) is 42.1. The number of rotatable bonds is 6. The molecule has 13 rings (SSSR count). The van der Waals surface area contributed by atoms with E-state index in [1.165, 1.54) is 27.2 Å². The Balaban J connectivity index is 1.02. The second-order valence-corrected chi connectivity index (χ2v) is 16.2. The molecular weight excluding hydrogens is 781 g/mol. The van der Waals surface area contributed by atoms with E-state index in [2.05, 4.69) is 209 Å². The lowest BCUT2D eigenvalue weighted by atomic mass is 9.97. The first-order valence-corrected chi connectivity index (χ1v) is 21.6. The number of hydrogen-bond acceptors (Lipinski definition) is 4. The van der Waals surface area contributed by atoms with Crippen molar-refractivity contribution < 1.29 is 0 Å². The Morgan fingerprint density at radius 2 is 0.766 bits per heavy atom. The third-order valence-corrected chi connectivity index (χ3v) is 12.5. The standard InChI is InChI=1S/C58H36N6/c1-4-16-37(17-5-1)54-47-34-33-45-48-36-40(30-35-52(48)64(41-20-8-3-9-21-41)55(45)53(47)46-24-10-13-25-49(46)59-54)58-61-56(38-18-6-2-7-19-38)60-57(62-58)39-28-31-42(32-29-39)63-50-26-14-11-22-43(50)44-23-12-15-27-51(44)63/h1-36H. The third-order valence-electron chi connectivity index (χ3n) is 12.5. The minimum Gasteiger partial charge on any atom is -0.309 e. The van der Waals surface area contributed by atoms with Crippen molar-refractivity contribution in [1.29, 1.82) is 0 Å². The van der Waals surface area contributed by atoms with Crippen LogP contribution in [0.3, 0.4) is 0 Å². The van der Waals surface area contributed by atoms with Gasteiger partial charge in [-0.3, -0.25) is 0 Å². The van der Waals surface area contributed by atoms with Crippen LogP contribution >= 0.6 is 0 Å². The van der Waals surface area contributed by atoms with Gasteiger partial charge in [0.2, 0.25) is 0 Å². The van der Waals surface area contributed by atoms with E-state index < -0.39 is 0 Å². The van der Waals surface area contributed by atoms with Crippen molar-refractivity contribution in [3.63, 3.8) is 0 Å². The van der Waals surface area contributed by atoms with Gasteiger partial charge in [0.15, 0.2) is 17.5 Å². The highest BCUT2D eigenvalue weighted by Crippen LogP contribution is 2.43. The van der Waals surface area contributed by atoms with E-state index in [0.29, 0.717) is 17.5 Å². The van der Waals surface area contributed by atoms with Gasteiger partial charge < -0.3 is 9.13 Å². The van der Waals surface area contributed by atoms with Gasteiger partial charge >= 0.3 is 0 Å². The van der Waals surface area contributed by atoms with E-state index >= 15 is 0 Å². The maximum atomic E-state index is 5.27. The fraction of sp³-hybridized carbons (Fsp3) is 0. The van der Waals surface area contributed by atoms with Crippen molar-refractivity contribution in [2.24, 2.45) is 0 Å². The Labute approximate surface area is 368 Å². The molecule has 0 bridgehead atoms. The molecule has 0 unspecified atom stereocenters. The summed E-state index contributed by atoms with van der Waals surface area (Å²) in [6, 6.07) is 76.7. The van der Waals surface area contributed by atoms with Crippen molar-refractivity contribution in [3.8, 4) is 56.8 Å². The molecule has 0 aliphatic heterocycles. The Morgan fingerprint density at radius 3 is 1.44 bits per heavy atom. The van der Waals surface area contributed by atoms with E-state index in [-0.39, 0.29) is 0 Å². The fourth-order valence-corrected chi connectivity index (χ4v) is 9.65. The first-order valence-electron chi connectivity index (χ1n) is 21.6. The van der Waals surface area contributed by atoms with Crippen LogP contribution in [0.2, 0.25) is 0 Å². The predicted octanol–water partition coefficient (Wildman–Crippen LogP) is 14.4. The second kappa shape index (κ2) is 14.4. The zero-order valence-electron chi connectivity index (χ0n) is 34.5. The molecule has 0 N–H and O–H groups in total. The zero-order valence-corrected chi connectivity index (χ0v) is 34.5. The van der Waals surface area contributed by atoms with Gasteiger partial charge in [0.05, 0.1) is 33.3 Å². The maximum absolute atomic E-state index is 5.27. The molecule has 6 nitrogen and oxygen atoms in total. The summed E-state index contributed by atoms with van der Waals surface area (Å²) in [7, 11) is 0. The smallest absolute Gasteiger partial charge is 0.164 e. The molecule has 0 fully saturated rings. The van der Waals surface area contributed by atoms with Crippen molar-refractivity contribution >= 4 is 65.3 Å². The summed E-state index contributed by atoms with van der Waals surface area (Å²) in [4.78, 5) is 20.8. The molecule has 64 heavy (non-hydrogen) atoms. The van der Waals surface area contributed by atoms with E-state index in [1.807, 2.05) is 18.2 Å². The van der Waals surface area contributed by atoms with Gasteiger partial charge in [0, 0.05) is 71.3 Å². The molecule has 0 aliphatic rings. The van der Waals surface area contributed by atoms with Crippen LogP contribution in [0.25, 0.3) is 122 Å². The number of aromatic nitrogens is 6. The second-order valence-electron chi connectivity index (χ2n) is 16.2. The topological polar surface area (TPSA) is 61.4 Å². The van der Waals surface area contributed by atoms with Gasteiger partial charge in [-0.25, -0.2) is 19.9 Å². The summed E-state index contributed by atoms with van der Waals surface area (Å²) in [5, 5.41) is 8.10. The molecule has 0 spiro atoms. The fourth-order valence-electron chi connectivity index (χ4n) is 9.65. The number of para-hydroxylation sites is 4. The molecule has 4 aromatic heterocycles. The molecule has 0 aliphatic carbocycles. The Morgan fingerprint density at radius 1 is 0.281 bits per heavy atom. The van der Waals surface area contributed by atoms with Gasteiger partial charge in [0.1, 0.15) is 0 Å². The molecule has 6 heteroatoms. The van der Waals surface area contributed by atoms with Gasteiger partial charge in [-0.05, 0) is 72.8 Å². The molecule has 0 saturated carbocycles. The summed E-state index contributed by atoms with van der Waals surface area (Å²) < 4.78 is 4.74. The summed E-state index contributed by atoms with van der Waals surface area (Å²) in [5.74, 6) is 1.85. The number of fused-ring (bicyclic) bond motifs is 10. The van der Waals surface area contributed by atoms with Crippen molar-refractivity contribution in [2.45, 2.75) is 0 Å². The Bertz CT molecular complexity index is 3880. The molecule has 0 radical (unpaired) electrons. The molecular formula is C58H36N6. The quantitative estimate of drug-likeness (QED) is 0.157. The van der Waals surface area contributed by atoms with Crippen molar-refractivity contribution in [3.05, 3.63) is 218 Å². The molecule has 13 aromatic rings. The number of pyridine rings is 1. The normalized spacial score (nSPS) is 11.8. The lowest BCUT2D eigenvalue weighted by molar-refractivity contribution is 1.07. The van der Waals surface area contributed by atoms with Crippen LogP contribution in [0, 0.1) is 0 Å². The van der Waals surface area contributed by atoms with Crippen LogP contribution in [0.5, 0.6) is 0 Å². The van der Waals surface area contributed by atoms with Crippen molar-refractivity contribution in [1.82, 2.24) is 29.1 Å². The monoisotopic (exact) mass is 816 g/mol. The third kappa shape index (κ3) is 5.66. The largest absolute Gasteiger partial charge is 0.309 e. The summed E-state index contributed by atoms with van der Waals surface area (Å²) in [6.07, 6.45) is 0. The minimum atomic E-state index is 0.611. The first-order chi connectivity index (χ1) is 31.7. The van der Waals surface area contributed by atoms with Gasteiger partial charge in [-0.1, -0.05) is 146 Å². The number of nitrogens with zero attached hydrogens (tertiary/aromatic N) is 6. The number of benzene rings is 9. The predicted molar refractivity (Wildman–Crippen MR) is 263 cm³/mol. The highest BCUT2D eigenvalue weighted by Gasteiger charge is 2.22. The maximum Gasteiger partial charge on any atom is 0.164 e. The molecule has 0 amide bonds. The van der Waals surface area contributed by atoms with E-state index in [0.717, 1.165) is 77.4 Å². The molecule has 0 saturated heterocycles. The lowest BCUT2D eigenvalue weighted by Gasteiger charge is -2.14. The SMILES string of the molecule is c1ccc(-c2nc(-c3ccc(-n4c5ccccc5c5ccccc54)cc3)nc(-c3ccc4c(c3)c3ccc5c(-c6ccccc6)nc6ccccc6c5c3n4-c3ccccc3)n2)cc1. The molecule has 0 atom stereocenters. The molecule has 9 aromatic carbocycles. The van der Waals surface area contributed by atoms with Crippen LogP contribution in [0.4, 0.5) is 0 Å². The van der Waals surface area contributed by atoms with Crippen LogP contribution in [-0.2, 0) is 0 Å². The van der Waals surface area contributed by atoms with Crippen LogP contribution in [0.1, 0.15) is 0 Å². The summed E-state index contributed by atoms with van der Waals surface area (Å²) >= 11 is 0. The summed E-state index contributed by atoms with van der Waals surface area (Å²) in [6.45, 7) is 0. The summed E-state index contributed by atoms with van der Waals surface area (Å²) in [5.41, 5.74) is 12.5. The minimum absolute atomic E-state index is 0.611. The average Bonchev–Trinajstić information content (AvgIpc) is 3.89. The highest BCUT2D eigenvalue weighted by molar-refractivity contribution is 6.27. The van der Waals surface area contributed by atoms with Crippen LogP contribution in [-0.4, -0.2) is 29.1 Å². The lowest BCUT2D eigenvalue weighted by Crippen LogP contribution is -2.00. The Kier molecular flexibility index (Phi) is 8.11. The molecule has 298 valence electrons. The first kappa shape index (κ1) is 36.0. The van der Waals surface area contributed by atoms with Gasteiger partial charge in [-0.15, -0.1) is 0 Å². The van der Waals surface area contributed by atoms with E-state index in [9.17, 15) is 0 Å². The Hall–Kier alpha value is -8.74. The van der Waals surface area contributed by atoms with Gasteiger partial charge in [0.25, 0.3) is 0 Å². The van der Waals surface area contributed by atoms with Crippen molar-refractivity contribution in [2.75, 3.05) is 0 Å².